The van der Waals surface area contributed by atoms with Gasteiger partial charge in [-0.1, -0.05) is 48.5 Å². The number of hydrogen-bond acceptors (Lipinski definition) is 2. The van der Waals surface area contributed by atoms with E-state index in [1.165, 1.54) is 22.3 Å². The maximum atomic E-state index is 12.1. The van der Waals surface area contributed by atoms with Gasteiger partial charge < -0.3 is 5.32 Å². The van der Waals surface area contributed by atoms with Crippen LogP contribution in [0.4, 0.5) is 0 Å². The highest BCUT2D eigenvalue weighted by Crippen LogP contribution is 2.17. The average molecular weight is 327 g/mol. The Hall–Kier alpha value is -1.74. The van der Waals surface area contributed by atoms with Crippen LogP contribution in [-0.4, -0.2) is 11.7 Å². The molecule has 23 heavy (non-hydrogen) atoms. The van der Waals surface area contributed by atoms with Gasteiger partial charge in [0.1, 0.15) is 0 Å². The van der Waals surface area contributed by atoms with E-state index in [0.717, 1.165) is 11.5 Å². The van der Waals surface area contributed by atoms with Crippen molar-refractivity contribution in [3.05, 3.63) is 70.8 Å². The zero-order valence-corrected chi connectivity index (χ0v) is 15.0. The van der Waals surface area contributed by atoms with Crippen LogP contribution in [0, 0.1) is 13.8 Å². The summed E-state index contributed by atoms with van der Waals surface area (Å²) >= 11 is 1.80. The van der Waals surface area contributed by atoms with Crippen molar-refractivity contribution < 1.29 is 4.79 Å². The first kappa shape index (κ1) is 17.6. The number of aryl methyl sites for hydroxylation is 2. The minimum absolute atomic E-state index is 0.0564. The van der Waals surface area contributed by atoms with Crippen LogP contribution in [0.5, 0.6) is 0 Å². The Kier molecular flexibility index (Phi) is 6.72. The van der Waals surface area contributed by atoms with E-state index in [2.05, 4.69) is 49.5 Å². The molecule has 0 bridgehead atoms. The summed E-state index contributed by atoms with van der Waals surface area (Å²) in [6.45, 7) is 6.25. The molecule has 1 amide bonds. The van der Waals surface area contributed by atoms with E-state index in [1.54, 1.807) is 11.8 Å². The zero-order valence-electron chi connectivity index (χ0n) is 14.1. The maximum absolute atomic E-state index is 12.1. The van der Waals surface area contributed by atoms with Crippen LogP contribution in [0.25, 0.3) is 0 Å². The second-order valence-electron chi connectivity index (χ2n) is 5.92. The van der Waals surface area contributed by atoms with Gasteiger partial charge in [0.25, 0.3) is 0 Å². The molecular weight excluding hydrogens is 302 g/mol. The summed E-state index contributed by atoms with van der Waals surface area (Å²) in [5, 5.41) is 3.09. The molecule has 2 nitrogen and oxygen atoms in total. The lowest BCUT2D eigenvalue weighted by atomic mass is 10.0. The lowest BCUT2D eigenvalue weighted by Crippen LogP contribution is -2.26. The van der Waals surface area contributed by atoms with Crippen LogP contribution in [0.15, 0.2) is 48.5 Å². The molecule has 0 fully saturated rings. The standard InChI is InChI=1S/C20H25NOS/c1-15-9-10-19(13-16(15)2)17(3)21-20(22)11-12-23-14-18-7-5-4-6-8-18/h4-10,13,17H,11-12,14H2,1-3H3,(H,21,22)/t17-/m0/s1. The third kappa shape index (κ3) is 5.76. The van der Waals surface area contributed by atoms with Gasteiger partial charge in [0.2, 0.25) is 5.91 Å². The highest BCUT2D eigenvalue weighted by Gasteiger charge is 2.10. The van der Waals surface area contributed by atoms with Crippen molar-refractivity contribution in [3.8, 4) is 0 Å². The van der Waals surface area contributed by atoms with E-state index in [-0.39, 0.29) is 11.9 Å². The number of nitrogens with one attached hydrogen (secondary N) is 1. The van der Waals surface area contributed by atoms with E-state index in [9.17, 15) is 4.79 Å². The van der Waals surface area contributed by atoms with Gasteiger partial charge in [-0.3, -0.25) is 4.79 Å². The number of rotatable bonds is 7. The minimum atomic E-state index is 0.0564. The van der Waals surface area contributed by atoms with Gasteiger partial charge in [0.05, 0.1) is 6.04 Å². The summed E-state index contributed by atoms with van der Waals surface area (Å²) in [4.78, 5) is 12.1. The number of carbonyl (C=O) groups excluding carboxylic acids is 1. The molecule has 0 unspecified atom stereocenters. The Labute approximate surface area is 143 Å². The third-order valence-corrected chi connectivity index (χ3v) is 5.02. The predicted molar refractivity (Wildman–Crippen MR) is 99.7 cm³/mol. The van der Waals surface area contributed by atoms with E-state index >= 15 is 0 Å². The van der Waals surface area contributed by atoms with Crippen LogP contribution in [0.3, 0.4) is 0 Å². The lowest BCUT2D eigenvalue weighted by molar-refractivity contribution is -0.121. The van der Waals surface area contributed by atoms with Crippen LogP contribution in [-0.2, 0) is 10.5 Å². The summed E-state index contributed by atoms with van der Waals surface area (Å²) in [7, 11) is 0. The largest absolute Gasteiger partial charge is 0.350 e. The molecule has 2 aromatic rings. The monoisotopic (exact) mass is 327 g/mol. The summed E-state index contributed by atoms with van der Waals surface area (Å²) < 4.78 is 0. The van der Waals surface area contributed by atoms with Gasteiger partial charge in [-0.05, 0) is 43.0 Å². The fourth-order valence-electron chi connectivity index (χ4n) is 2.36. The predicted octanol–water partition coefficient (Wildman–Crippen LogP) is 4.80. The summed E-state index contributed by atoms with van der Waals surface area (Å²) in [5.41, 5.74) is 5.02. The molecular formula is C20H25NOS. The minimum Gasteiger partial charge on any atom is -0.350 e. The van der Waals surface area contributed by atoms with E-state index in [1.807, 2.05) is 25.1 Å². The Morgan fingerprint density at radius 2 is 1.83 bits per heavy atom. The number of amides is 1. The fourth-order valence-corrected chi connectivity index (χ4v) is 3.26. The highest BCUT2D eigenvalue weighted by molar-refractivity contribution is 7.98. The Bertz CT molecular complexity index is 639. The lowest BCUT2D eigenvalue weighted by Gasteiger charge is -2.15. The second kappa shape index (κ2) is 8.78. The van der Waals surface area contributed by atoms with Crippen molar-refractivity contribution in [1.29, 1.82) is 0 Å². The van der Waals surface area contributed by atoms with Crippen LogP contribution < -0.4 is 5.32 Å². The van der Waals surface area contributed by atoms with Gasteiger partial charge in [0.15, 0.2) is 0 Å². The molecule has 2 aromatic carbocycles. The molecule has 0 saturated carbocycles. The molecule has 122 valence electrons. The van der Waals surface area contributed by atoms with Crippen molar-refractivity contribution in [2.45, 2.75) is 39.0 Å². The summed E-state index contributed by atoms with van der Waals surface area (Å²) in [5.74, 6) is 1.93. The van der Waals surface area contributed by atoms with Crippen molar-refractivity contribution in [2.24, 2.45) is 0 Å². The molecule has 0 heterocycles. The third-order valence-electron chi connectivity index (χ3n) is 3.99. The van der Waals surface area contributed by atoms with Gasteiger partial charge in [0, 0.05) is 17.9 Å². The van der Waals surface area contributed by atoms with Gasteiger partial charge in [-0.25, -0.2) is 0 Å². The quantitative estimate of drug-likeness (QED) is 0.740. The van der Waals surface area contributed by atoms with Crippen LogP contribution >= 0.6 is 11.8 Å². The van der Waals surface area contributed by atoms with Crippen molar-refractivity contribution >= 4 is 17.7 Å². The normalized spacial score (nSPS) is 12.0. The second-order valence-corrected chi connectivity index (χ2v) is 7.03. The van der Waals surface area contributed by atoms with Gasteiger partial charge in [-0.2, -0.15) is 11.8 Å². The molecule has 0 aliphatic carbocycles. The number of benzene rings is 2. The van der Waals surface area contributed by atoms with E-state index in [4.69, 9.17) is 0 Å². The topological polar surface area (TPSA) is 29.1 Å². The van der Waals surface area contributed by atoms with Gasteiger partial charge >= 0.3 is 0 Å². The molecule has 0 saturated heterocycles. The molecule has 2 rings (SSSR count). The highest BCUT2D eigenvalue weighted by atomic mass is 32.2. The molecule has 1 N–H and O–H groups in total. The molecule has 0 spiro atoms. The van der Waals surface area contributed by atoms with E-state index in [0.29, 0.717) is 6.42 Å². The number of carbonyl (C=O) groups is 1. The van der Waals surface area contributed by atoms with Crippen molar-refractivity contribution in [3.63, 3.8) is 0 Å². The fraction of sp³-hybridized carbons (Fsp3) is 0.350. The van der Waals surface area contributed by atoms with Crippen molar-refractivity contribution in [1.82, 2.24) is 5.32 Å². The first-order valence-corrected chi connectivity index (χ1v) is 9.20. The molecule has 1 atom stereocenters. The van der Waals surface area contributed by atoms with Crippen LogP contribution in [0.1, 0.15) is 41.6 Å². The average Bonchev–Trinajstić information content (AvgIpc) is 2.55. The SMILES string of the molecule is Cc1ccc([C@H](C)NC(=O)CCSCc2ccccc2)cc1C. The smallest absolute Gasteiger partial charge is 0.221 e. The molecule has 3 heteroatoms. The van der Waals surface area contributed by atoms with Crippen molar-refractivity contribution in [2.75, 3.05) is 5.75 Å². The van der Waals surface area contributed by atoms with Crippen LogP contribution in [0.2, 0.25) is 0 Å². The first-order chi connectivity index (χ1) is 11.1. The molecule has 0 aliphatic rings. The van der Waals surface area contributed by atoms with E-state index < -0.39 is 0 Å². The molecule has 0 aromatic heterocycles. The first-order valence-electron chi connectivity index (χ1n) is 8.04. The van der Waals surface area contributed by atoms with Gasteiger partial charge in [-0.15, -0.1) is 0 Å². The summed E-state index contributed by atoms with van der Waals surface area (Å²) in [6.07, 6.45) is 0.562. The zero-order chi connectivity index (χ0) is 16.7. The Balaban J connectivity index is 1.72. The Morgan fingerprint density at radius 1 is 1.09 bits per heavy atom. The molecule has 0 radical (unpaired) electrons. The summed E-state index contributed by atoms with van der Waals surface area (Å²) in [6, 6.07) is 16.8. The maximum Gasteiger partial charge on any atom is 0.221 e. The molecule has 0 aliphatic heterocycles. The Morgan fingerprint density at radius 3 is 2.52 bits per heavy atom. The number of thioether (sulfide) groups is 1. The number of hydrogen-bond donors (Lipinski definition) is 1.